The normalized spacial score (nSPS) is 22.6. The van der Waals surface area contributed by atoms with Gasteiger partial charge in [0.25, 0.3) is 0 Å². The lowest BCUT2D eigenvalue weighted by Gasteiger charge is -2.06. The third-order valence-electron chi connectivity index (χ3n) is 4.39. The highest BCUT2D eigenvalue weighted by atomic mass is 79.9. The Kier molecular flexibility index (Phi) is 5.41. The number of sulfonamides is 1. The fourth-order valence-electron chi connectivity index (χ4n) is 3.03. The number of unbranched alkanes of at least 4 members (excludes halogenated alkanes) is 1. The number of halogens is 1. The monoisotopic (exact) mass is 421 g/mol. The Labute approximate surface area is 157 Å². The molecule has 1 unspecified atom stereocenters. The summed E-state index contributed by atoms with van der Waals surface area (Å²) in [5, 5.41) is 0. The minimum Gasteiger partial charge on any atom is -0.298 e. The Morgan fingerprint density at radius 1 is 1.08 bits per heavy atom. The molecule has 132 valence electrons. The average Bonchev–Trinajstić information content (AvgIpc) is 3.37. The van der Waals surface area contributed by atoms with E-state index in [1.165, 1.54) is 4.31 Å². The van der Waals surface area contributed by atoms with E-state index in [9.17, 15) is 13.2 Å². The number of hydrogen-bond donors (Lipinski definition) is 0. The molecule has 3 atom stereocenters. The van der Waals surface area contributed by atoms with Crippen molar-refractivity contribution in [2.24, 2.45) is 0 Å². The fraction of sp³-hybridized carbons (Fsp3) is 0.316. The number of nitrogens with zero attached hydrogens (tertiary/aromatic N) is 1. The SMILES string of the molecule is CCCCC(=O)[C@H]1[C@@H](c2ccc(Br)cc2)N1S(=O)(=O)c1ccccc1. The van der Waals surface area contributed by atoms with Crippen LogP contribution in [-0.2, 0) is 14.8 Å². The number of Topliss-reactive ketones (excluding diaryl/α,β-unsaturated/α-hetero) is 1. The zero-order valence-electron chi connectivity index (χ0n) is 13.9. The highest BCUT2D eigenvalue weighted by molar-refractivity contribution is 9.10. The van der Waals surface area contributed by atoms with Gasteiger partial charge in [-0.15, -0.1) is 0 Å². The molecule has 1 heterocycles. The van der Waals surface area contributed by atoms with Crippen molar-refractivity contribution in [3.8, 4) is 0 Å². The maximum absolute atomic E-state index is 13.0. The van der Waals surface area contributed by atoms with E-state index in [1.54, 1.807) is 30.3 Å². The van der Waals surface area contributed by atoms with E-state index >= 15 is 0 Å². The molecular formula is C19H20BrNO3S. The van der Waals surface area contributed by atoms with Crippen LogP contribution in [0.2, 0.25) is 0 Å². The molecule has 1 fully saturated rings. The van der Waals surface area contributed by atoms with Gasteiger partial charge >= 0.3 is 0 Å². The molecule has 2 aromatic carbocycles. The average molecular weight is 422 g/mol. The molecule has 2 aromatic rings. The molecule has 0 N–H and O–H groups in total. The van der Waals surface area contributed by atoms with Crippen LogP contribution in [0.25, 0.3) is 0 Å². The van der Waals surface area contributed by atoms with Crippen molar-refractivity contribution < 1.29 is 13.2 Å². The van der Waals surface area contributed by atoms with Crippen LogP contribution >= 0.6 is 15.9 Å². The first-order valence-electron chi connectivity index (χ1n) is 8.33. The molecule has 25 heavy (non-hydrogen) atoms. The largest absolute Gasteiger partial charge is 0.298 e. The number of hydrogen-bond acceptors (Lipinski definition) is 3. The summed E-state index contributed by atoms with van der Waals surface area (Å²) in [4.78, 5) is 12.8. The maximum Gasteiger partial charge on any atom is 0.244 e. The van der Waals surface area contributed by atoms with Gasteiger partial charge in [0.1, 0.15) is 6.04 Å². The third-order valence-corrected chi connectivity index (χ3v) is 6.80. The molecule has 0 spiro atoms. The predicted octanol–water partition coefficient (Wildman–Crippen LogP) is 4.32. The topological polar surface area (TPSA) is 54.2 Å². The summed E-state index contributed by atoms with van der Waals surface area (Å²) in [7, 11) is -3.69. The molecule has 4 nitrogen and oxygen atoms in total. The Hall–Kier alpha value is -1.50. The number of carbonyl (C=O) groups is 1. The lowest BCUT2D eigenvalue weighted by molar-refractivity contribution is -0.119. The van der Waals surface area contributed by atoms with Gasteiger partial charge in [0.05, 0.1) is 10.9 Å². The van der Waals surface area contributed by atoms with Crippen LogP contribution in [0.1, 0.15) is 37.8 Å². The molecule has 0 aromatic heterocycles. The second-order valence-corrected chi connectivity index (χ2v) is 8.92. The van der Waals surface area contributed by atoms with Crippen molar-refractivity contribution in [2.45, 2.75) is 43.2 Å². The number of rotatable bonds is 7. The van der Waals surface area contributed by atoms with Crippen LogP contribution in [0.3, 0.4) is 0 Å². The number of carbonyl (C=O) groups excluding carboxylic acids is 1. The number of ketones is 1. The summed E-state index contributed by atoms with van der Waals surface area (Å²) in [6, 6.07) is 14.8. The van der Waals surface area contributed by atoms with Crippen LogP contribution in [0, 0.1) is 0 Å². The van der Waals surface area contributed by atoms with Gasteiger partial charge in [-0.1, -0.05) is 59.6 Å². The summed E-state index contributed by atoms with van der Waals surface area (Å²) >= 11 is 3.39. The Bertz CT molecular complexity index is 850. The fourth-order valence-corrected chi connectivity index (χ4v) is 5.05. The van der Waals surface area contributed by atoms with Crippen molar-refractivity contribution in [1.29, 1.82) is 0 Å². The molecule has 1 aliphatic heterocycles. The van der Waals surface area contributed by atoms with E-state index in [0.29, 0.717) is 6.42 Å². The van der Waals surface area contributed by atoms with Crippen molar-refractivity contribution in [3.63, 3.8) is 0 Å². The van der Waals surface area contributed by atoms with Gasteiger partial charge in [0.15, 0.2) is 5.78 Å². The highest BCUT2D eigenvalue weighted by Crippen LogP contribution is 2.48. The van der Waals surface area contributed by atoms with E-state index < -0.39 is 22.1 Å². The summed E-state index contributed by atoms with van der Waals surface area (Å²) in [5.41, 5.74) is 0.845. The smallest absolute Gasteiger partial charge is 0.244 e. The molecule has 0 aliphatic carbocycles. The van der Waals surface area contributed by atoms with Gasteiger partial charge in [0.2, 0.25) is 10.0 Å². The highest BCUT2D eigenvalue weighted by Gasteiger charge is 2.59. The van der Waals surface area contributed by atoms with Crippen molar-refractivity contribution >= 4 is 31.7 Å². The van der Waals surface area contributed by atoms with Crippen molar-refractivity contribution in [1.82, 2.24) is 4.31 Å². The van der Waals surface area contributed by atoms with Crippen LogP contribution in [0.15, 0.2) is 64.0 Å². The molecule has 0 radical (unpaired) electrons. The van der Waals surface area contributed by atoms with Crippen LogP contribution in [-0.4, -0.2) is 24.5 Å². The Morgan fingerprint density at radius 3 is 2.32 bits per heavy atom. The van der Waals surface area contributed by atoms with E-state index in [2.05, 4.69) is 15.9 Å². The van der Waals surface area contributed by atoms with Gasteiger partial charge in [0, 0.05) is 10.9 Å². The Balaban J connectivity index is 1.94. The number of benzene rings is 2. The van der Waals surface area contributed by atoms with Gasteiger partial charge in [-0.2, -0.15) is 4.31 Å². The first kappa shape index (κ1) is 18.3. The lowest BCUT2D eigenvalue weighted by Crippen LogP contribution is -2.19. The molecular weight excluding hydrogens is 402 g/mol. The van der Waals surface area contributed by atoms with Gasteiger partial charge < -0.3 is 0 Å². The molecule has 1 saturated heterocycles. The quantitative estimate of drug-likeness (QED) is 0.625. The molecule has 0 bridgehead atoms. The second-order valence-electron chi connectivity index (χ2n) is 6.16. The van der Waals surface area contributed by atoms with Crippen LogP contribution < -0.4 is 0 Å². The molecule has 0 saturated carbocycles. The second kappa shape index (κ2) is 7.40. The summed E-state index contributed by atoms with van der Waals surface area (Å²) in [6.45, 7) is 2.02. The van der Waals surface area contributed by atoms with Crippen LogP contribution in [0.5, 0.6) is 0 Å². The standard InChI is InChI=1S/C19H20BrNO3S/c1-2-3-9-17(22)19-18(14-10-12-15(20)13-11-14)21(19)25(23,24)16-7-5-4-6-8-16/h4-8,10-13,18-19H,2-3,9H2,1H3/t18-,19+,21?/m1/s1. The molecule has 3 rings (SSSR count). The first-order valence-corrected chi connectivity index (χ1v) is 10.6. The lowest BCUT2D eigenvalue weighted by atomic mass is 10.0. The van der Waals surface area contributed by atoms with E-state index in [-0.39, 0.29) is 10.7 Å². The van der Waals surface area contributed by atoms with E-state index in [4.69, 9.17) is 0 Å². The Morgan fingerprint density at radius 2 is 1.72 bits per heavy atom. The van der Waals surface area contributed by atoms with Crippen LogP contribution in [0.4, 0.5) is 0 Å². The van der Waals surface area contributed by atoms with Crippen molar-refractivity contribution in [2.75, 3.05) is 0 Å². The predicted molar refractivity (Wildman–Crippen MR) is 101 cm³/mol. The van der Waals surface area contributed by atoms with E-state index in [1.807, 2.05) is 31.2 Å². The molecule has 0 amide bonds. The van der Waals surface area contributed by atoms with Gasteiger partial charge in [-0.3, -0.25) is 4.79 Å². The third kappa shape index (κ3) is 3.71. The maximum atomic E-state index is 13.0. The van der Waals surface area contributed by atoms with Gasteiger partial charge in [-0.05, 0) is 36.2 Å². The zero-order valence-corrected chi connectivity index (χ0v) is 16.3. The van der Waals surface area contributed by atoms with E-state index in [0.717, 1.165) is 22.9 Å². The van der Waals surface area contributed by atoms with Gasteiger partial charge in [-0.25, -0.2) is 8.42 Å². The summed E-state index contributed by atoms with van der Waals surface area (Å²) in [6.07, 6.45) is 2.10. The zero-order chi connectivity index (χ0) is 18.0. The minimum atomic E-state index is -3.69. The first-order chi connectivity index (χ1) is 12.0. The summed E-state index contributed by atoms with van der Waals surface area (Å²) < 4.78 is 28.3. The minimum absolute atomic E-state index is 0.00530. The summed E-state index contributed by atoms with van der Waals surface area (Å²) in [5.74, 6) is -0.00530. The molecule has 1 aliphatic rings. The van der Waals surface area contributed by atoms with Crippen molar-refractivity contribution in [3.05, 3.63) is 64.6 Å². The molecule has 6 heteroatoms.